The van der Waals surface area contributed by atoms with E-state index in [1.165, 1.54) is 17.1 Å². The van der Waals surface area contributed by atoms with Crippen LogP contribution in [0.1, 0.15) is 25.7 Å². The van der Waals surface area contributed by atoms with E-state index in [2.05, 4.69) is 0 Å². The Balaban J connectivity index is 1.73. The summed E-state index contributed by atoms with van der Waals surface area (Å²) in [5.74, 6) is 1.18. The number of hydrogen-bond acceptors (Lipinski definition) is 4. The van der Waals surface area contributed by atoms with Crippen LogP contribution in [0.3, 0.4) is 0 Å². The van der Waals surface area contributed by atoms with Gasteiger partial charge < -0.3 is 10.5 Å². The minimum Gasteiger partial charge on any atom is -0.380 e. The summed E-state index contributed by atoms with van der Waals surface area (Å²) in [7, 11) is -1.70. The van der Waals surface area contributed by atoms with Gasteiger partial charge in [-0.2, -0.15) is 17.0 Å². The lowest BCUT2D eigenvalue weighted by Gasteiger charge is -2.33. The maximum atomic E-state index is 12.4. The third-order valence-electron chi connectivity index (χ3n) is 4.23. The molecule has 0 bridgehead atoms. The van der Waals surface area contributed by atoms with Gasteiger partial charge in [0.2, 0.25) is 0 Å². The number of piperidine rings is 1. The monoisotopic (exact) mass is 305 g/mol. The summed E-state index contributed by atoms with van der Waals surface area (Å²) >= 11 is 0. The zero-order valence-corrected chi connectivity index (χ0v) is 13.1. The van der Waals surface area contributed by atoms with Crippen LogP contribution in [0, 0.1) is 11.8 Å². The summed E-state index contributed by atoms with van der Waals surface area (Å²) in [5.41, 5.74) is 5.63. The SMILES string of the molecule is CN(CCOCC1CC1)S(=O)(=O)N1CCC(CN)CC1. The Morgan fingerprint density at radius 3 is 2.40 bits per heavy atom. The van der Waals surface area contributed by atoms with Crippen LogP contribution in [0.25, 0.3) is 0 Å². The summed E-state index contributed by atoms with van der Waals surface area (Å²) in [6.07, 6.45) is 4.23. The fraction of sp³-hybridized carbons (Fsp3) is 1.00. The first-order valence-electron chi connectivity index (χ1n) is 7.53. The zero-order valence-electron chi connectivity index (χ0n) is 12.3. The first kappa shape index (κ1) is 16.2. The van der Waals surface area contributed by atoms with E-state index in [4.69, 9.17) is 10.5 Å². The molecule has 2 rings (SSSR count). The molecule has 0 aromatic heterocycles. The number of nitrogens with zero attached hydrogens (tertiary/aromatic N) is 2. The van der Waals surface area contributed by atoms with Crippen molar-refractivity contribution in [1.82, 2.24) is 8.61 Å². The topological polar surface area (TPSA) is 75.9 Å². The smallest absolute Gasteiger partial charge is 0.281 e. The highest BCUT2D eigenvalue weighted by Crippen LogP contribution is 2.28. The highest BCUT2D eigenvalue weighted by Gasteiger charge is 2.30. The van der Waals surface area contributed by atoms with Crippen LogP contribution in [-0.2, 0) is 14.9 Å². The maximum Gasteiger partial charge on any atom is 0.281 e. The van der Waals surface area contributed by atoms with E-state index in [-0.39, 0.29) is 0 Å². The van der Waals surface area contributed by atoms with E-state index in [0.29, 0.717) is 44.6 Å². The molecule has 0 radical (unpaired) electrons. The molecule has 1 saturated heterocycles. The van der Waals surface area contributed by atoms with Crippen molar-refractivity contribution in [2.45, 2.75) is 25.7 Å². The highest BCUT2D eigenvalue weighted by molar-refractivity contribution is 7.86. The quantitative estimate of drug-likeness (QED) is 0.653. The van der Waals surface area contributed by atoms with Crippen LogP contribution in [0.4, 0.5) is 0 Å². The number of nitrogens with two attached hydrogens (primary N) is 1. The minimum absolute atomic E-state index is 0.422. The molecular weight excluding hydrogens is 278 g/mol. The van der Waals surface area contributed by atoms with Crippen LogP contribution >= 0.6 is 0 Å². The third kappa shape index (κ3) is 4.39. The molecular formula is C13H27N3O3S. The van der Waals surface area contributed by atoms with Gasteiger partial charge in [0, 0.05) is 33.3 Å². The van der Waals surface area contributed by atoms with Crippen molar-refractivity contribution in [2.24, 2.45) is 17.6 Å². The number of likely N-dealkylation sites (N-methyl/N-ethyl adjacent to an activating group) is 1. The van der Waals surface area contributed by atoms with Crippen molar-refractivity contribution in [3.8, 4) is 0 Å². The summed E-state index contributed by atoms with van der Waals surface area (Å²) in [5, 5.41) is 0. The van der Waals surface area contributed by atoms with Gasteiger partial charge in [0.25, 0.3) is 10.2 Å². The lowest BCUT2D eigenvalue weighted by Crippen LogP contribution is -2.47. The Kier molecular flexibility index (Phi) is 5.80. The second kappa shape index (κ2) is 7.17. The van der Waals surface area contributed by atoms with Gasteiger partial charge in [0.1, 0.15) is 0 Å². The average Bonchev–Trinajstić information content (AvgIpc) is 3.27. The van der Waals surface area contributed by atoms with Crippen molar-refractivity contribution in [2.75, 3.05) is 46.4 Å². The second-order valence-corrected chi connectivity index (χ2v) is 7.96. The molecule has 2 fully saturated rings. The Labute approximate surface area is 122 Å². The normalized spacial score (nSPS) is 22.6. The largest absolute Gasteiger partial charge is 0.380 e. The fourth-order valence-corrected chi connectivity index (χ4v) is 3.79. The van der Waals surface area contributed by atoms with Gasteiger partial charge in [0.15, 0.2) is 0 Å². The van der Waals surface area contributed by atoms with Gasteiger partial charge in [-0.1, -0.05) is 0 Å². The number of rotatable bonds is 8. The molecule has 2 aliphatic rings. The Bertz CT molecular complexity index is 390. The molecule has 0 aromatic rings. The molecule has 0 amide bonds. The summed E-state index contributed by atoms with van der Waals surface area (Å²) < 4.78 is 33.3. The molecule has 0 spiro atoms. The molecule has 6 nitrogen and oxygen atoms in total. The van der Waals surface area contributed by atoms with Gasteiger partial charge in [-0.3, -0.25) is 0 Å². The van der Waals surface area contributed by atoms with Crippen LogP contribution in [0.5, 0.6) is 0 Å². The molecule has 1 saturated carbocycles. The summed E-state index contributed by atoms with van der Waals surface area (Å²) in [6, 6.07) is 0. The summed E-state index contributed by atoms with van der Waals surface area (Å²) in [4.78, 5) is 0. The fourth-order valence-electron chi connectivity index (χ4n) is 2.42. The second-order valence-electron chi connectivity index (χ2n) is 5.93. The van der Waals surface area contributed by atoms with E-state index in [1.54, 1.807) is 11.4 Å². The zero-order chi connectivity index (χ0) is 14.6. The van der Waals surface area contributed by atoms with Crippen LogP contribution in [0.15, 0.2) is 0 Å². The first-order valence-corrected chi connectivity index (χ1v) is 8.93. The van der Waals surface area contributed by atoms with E-state index >= 15 is 0 Å². The average molecular weight is 305 g/mol. The van der Waals surface area contributed by atoms with Gasteiger partial charge in [-0.25, -0.2) is 0 Å². The Hall–Kier alpha value is -0.210. The Morgan fingerprint density at radius 1 is 1.20 bits per heavy atom. The van der Waals surface area contributed by atoms with E-state index in [0.717, 1.165) is 19.4 Å². The molecule has 1 aliphatic heterocycles. The van der Waals surface area contributed by atoms with Crippen LogP contribution < -0.4 is 5.73 Å². The van der Waals surface area contributed by atoms with E-state index in [9.17, 15) is 8.42 Å². The van der Waals surface area contributed by atoms with Crippen LogP contribution in [0.2, 0.25) is 0 Å². The van der Waals surface area contributed by atoms with Crippen molar-refractivity contribution in [3.05, 3.63) is 0 Å². The molecule has 0 atom stereocenters. The number of hydrogen-bond donors (Lipinski definition) is 1. The van der Waals surface area contributed by atoms with Crippen molar-refractivity contribution in [3.63, 3.8) is 0 Å². The number of ether oxygens (including phenoxy) is 1. The van der Waals surface area contributed by atoms with E-state index < -0.39 is 10.2 Å². The van der Waals surface area contributed by atoms with Crippen molar-refractivity contribution in [1.29, 1.82) is 0 Å². The van der Waals surface area contributed by atoms with Gasteiger partial charge in [-0.15, -0.1) is 0 Å². The maximum absolute atomic E-state index is 12.4. The Morgan fingerprint density at radius 2 is 1.85 bits per heavy atom. The standard InChI is InChI=1S/C13H27N3O3S/c1-15(8-9-19-11-13-2-3-13)20(17,18)16-6-4-12(10-14)5-7-16/h12-13H,2-11,14H2,1H3. The van der Waals surface area contributed by atoms with Gasteiger partial charge in [0.05, 0.1) is 6.61 Å². The lowest BCUT2D eigenvalue weighted by molar-refractivity contribution is 0.115. The van der Waals surface area contributed by atoms with Gasteiger partial charge in [-0.05, 0) is 44.1 Å². The predicted octanol–water partition coefficient (Wildman–Crippen LogP) is 0.260. The van der Waals surface area contributed by atoms with Crippen molar-refractivity contribution >= 4 is 10.2 Å². The van der Waals surface area contributed by atoms with Crippen molar-refractivity contribution < 1.29 is 13.2 Å². The molecule has 20 heavy (non-hydrogen) atoms. The predicted molar refractivity (Wildman–Crippen MR) is 78.4 cm³/mol. The molecule has 1 aliphatic carbocycles. The van der Waals surface area contributed by atoms with Crippen LogP contribution in [-0.4, -0.2) is 63.5 Å². The molecule has 1 heterocycles. The molecule has 2 N–H and O–H groups in total. The molecule has 0 unspecified atom stereocenters. The summed E-state index contributed by atoms with van der Waals surface area (Å²) in [6.45, 7) is 3.49. The molecule has 118 valence electrons. The highest BCUT2D eigenvalue weighted by atomic mass is 32.2. The molecule has 0 aromatic carbocycles. The van der Waals surface area contributed by atoms with E-state index in [1.807, 2.05) is 0 Å². The first-order chi connectivity index (χ1) is 9.54. The lowest BCUT2D eigenvalue weighted by atomic mass is 9.99. The van der Waals surface area contributed by atoms with Gasteiger partial charge >= 0.3 is 0 Å². The molecule has 7 heteroatoms. The minimum atomic E-state index is -3.33. The third-order valence-corrected chi connectivity index (χ3v) is 6.22.